The van der Waals surface area contributed by atoms with E-state index in [1.54, 1.807) is 23.5 Å². The summed E-state index contributed by atoms with van der Waals surface area (Å²) < 4.78 is 5.89. The molecule has 8 nitrogen and oxygen atoms in total. The number of aliphatic hydroxyl groups excluding tert-OH is 1. The molecule has 1 aliphatic rings. The first-order valence-corrected chi connectivity index (χ1v) is 16.3. The van der Waals surface area contributed by atoms with E-state index in [4.69, 9.17) is 4.42 Å². The zero-order chi connectivity index (χ0) is 31.3. The number of nitrogens with one attached hydrogen (secondary N) is 2. The lowest BCUT2D eigenvalue weighted by molar-refractivity contribution is 0.0735. The molecule has 0 saturated carbocycles. The van der Waals surface area contributed by atoms with Crippen molar-refractivity contribution in [3.8, 4) is 0 Å². The van der Waals surface area contributed by atoms with Gasteiger partial charge in [0.2, 0.25) is 0 Å². The first-order valence-electron chi connectivity index (χ1n) is 15.4. The Hall–Kier alpha value is -4.31. The van der Waals surface area contributed by atoms with Gasteiger partial charge >= 0.3 is 0 Å². The molecular formula is C36H38N4O4S. The highest BCUT2D eigenvalue weighted by atomic mass is 32.1. The Bertz CT molecular complexity index is 1750. The van der Waals surface area contributed by atoms with Crippen LogP contribution in [0, 0.1) is 13.8 Å². The maximum absolute atomic E-state index is 13.7. The molecule has 3 heterocycles. The van der Waals surface area contributed by atoms with Crippen LogP contribution in [-0.4, -0.2) is 52.0 Å². The third kappa shape index (κ3) is 7.33. The van der Waals surface area contributed by atoms with Crippen LogP contribution >= 0.6 is 11.3 Å². The smallest absolute Gasteiger partial charge is 0.254 e. The standard InChI is InChI=1S/C36H38N4O4S/c1-23-15-27(18-28(16-23)36(43)40-14-8-12-31(40)35-38-24(2)22-45-35)34(42)39-30(17-25-9-4-3-5-10-25)32(41)21-37-20-29-19-26-11-6-7-13-33(26)44-29/h3-7,9-11,13,15-16,18-19,22,30-32,37,41H,8,12,14,17,20-21H2,1-2H3,(H,39,42)/t30-,31?,32+/m0/s1. The molecule has 1 saturated heterocycles. The number of para-hydroxylation sites is 1. The molecule has 1 aliphatic heterocycles. The first-order chi connectivity index (χ1) is 21.8. The van der Waals surface area contributed by atoms with E-state index in [1.807, 2.05) is 90.9 Å². The van der Waals surface area contributed by atoms with E-state index in [0.29, 0.717) is 30.6 Å². The number of amides is 2. The maximum Gasteiger partial charge on any atom is 0.254 e. The molecule has 1 unspecified atom stereocenters. The summed E-state index contributed by atoms with van der Waals surface area (Å²) in [5.74, 6) is 0.339. The number of carbonyl (C=O) groups excluding carboxylic acids is 2. The highest BCUT2D eigenvalue weighted by molar-refractivity contribution is 7.09. The SMILES string of the molecule is Cc1cc(C(=O)N[C@@H](Cc2ccccc2)[C@H](O)CNCc2cc3ccccc3o2)cc(C(=O)N2CCCC2c2nc(C)cs2)c1. The van der Waals surface area contributed by atoms with Crippen LogP contribution in [0.5, 0.6) is 0 Å². The number of hydrogen-bond acceptors (Lipinski definition) is 7. The number of thiazole rings is 1. The Labute approximate surface area is 267 Å². The van der Waals surface area contributed by atoms with Crippen molar-refractivity contribution < 1.29 is 19.1 Å². The van der Waals surface area contributed by atoms with Gasteiger partial charge in [-0.3, -0.25) is 9.59 Å². The lowest BCUT2D eigenvalue weighted by Gasteiger charge is -2.25. The van der Waals surface area contributed by atoms with Gasteiger partial charge in [-0.15, -0.1) is 11.3 Å². The van der Waals surface area contributed by atoms with Gasteiger partial charge < -0.3 is 25.1 Å². The van der Waals surface area contributed by atoms with Crippen molar-refractivity contribution >= 4 is 34.1 Å². The number of aliphatic hydroxyl groups is 1. The second-order valence-corrected chi connectivity index (χ2v) is 12.7. The number of aromatic nitrogens is 1. The van der Waals surface area contributed by atoms with Gasteiger partial charge in [0.25, 0.3) is 11.8 Å². The molecule has 6 rings (SSSR count). The molecule has 0 bridgehead atoms. The van der Waals surface area contributed by atoms with Crippen molar-refractivity contribution in [2.45, 2.75) is 57.8 Å². The first kappa shape index (κ1) is 30.7. The highest BCUT2D eigenvalue weighted by Gasteiger charge is 2.33. The Kier molecular flexibility index (Phi) is 9.39. The van der Waals surface area contributed by atoms with Crippen molar-refractivity contribution in [3.63, 3.8) is 0 Å². The number of aryl methyl sites for hydroxylation is 2. The molecule has 3 atom stereocenters. The Balaban J connectivity index is 1.16. The van der Waals surface area contributed by atoms with Gasteiger partial charge in [-0.1, -0.05) is 48.5 Å². The summed E-state index contributed by atoms with van der Waals surface area (Å²) in [5, 5.41) is 21.6. The number of nitrogens with zero attached hydrogens (tertiary/aromatic N) is 2. The van der Waals surface area contributed by atoms with Crippen molar-refractivity contribution in [2.24, 2.45) is 0 Å². The lowest BCUT2D eigenvalue weighted by atomic mass is 9.99. The van der Waals surface area contributed by atoms with Crippen LogP contribution in [0.3, 0.4) is 0 Å². The molecule has 5 aromatic rings. The minimum atomic E-state index is -0.878. The van der Waals surface area contributed by atoms with Crippen molar-refractivity contribution in [2.75, 3.05) is 13.1 Å². The van der Waals surface area contributed by atoms with Crippen LogP contribution < -0.4 is 10.6 Å². The molecule has 232 valence electrons. The van der Waals surface area contributed by atoms with E-state index in [0.717, 1.165) is 51.4 Å². The van der Waals surface area contributed by atoms with Gasteiger partial charge in [-0.05, 0) is 74.6 Å². The zero-order valence-corrected chi connectivity index (χ0v) is 26.3. The van der Waals surface area contributed by atoms with Crippen molar-refractivity contribution in [1.82, 2.24) is 20.5 Å². The van der Waals surface area contributed by atoms with Crippen LogP contribution in [0.2, 0.25) is 0 Å². The third-order valence-electron chi connectivity index (χ3n) is 8.23. The molecule has 0 aliphatic carbocycles. The molecule has 3 aromatic carbocycles. The number of furan rings is 1. The van der Waals surface area contributed by atoms with Crippen LogP contribution in [0.15, 0.2) is 88.7 Å². The van der Waals surface area contributed by atoms with E-state index in [-0.39, 0.29) is 24.4 Å². The average molecular weight is 623 g/mol. The molecule has 2 aromatic heterocycles. The second kappa shape index (κ2) is 13.8. The van der Waals surface area contributed by atoms with Crippen LogP contribution in [-0.2, 0) is 13.0 Å². The molecule has 1 fully saturated rings. The fourth-order valence-electron chi connectivity index (χ4n) is 6.01. The maximum atomic E-state index is 13.7. The van der Waals surface area contributed by atoms with E-state index < -0.39 is 12.1 Å². The van der Waals surface area contributed by atoms with Gasteiger partial charge in [-0.25, -0.2) is 4.98 Å². The fourth-order valence-corrected chi connectivity index (χ4v) is 6.95. The molecule has 45 heavy (non-hydrogen) atoms. The lowest BCUT2D eigenvalue weighted by Crippen LogP contribution is -2.48. The number of carbonyl (C=O) groups is 2. The van der Waals surface area contributed by atoms with E-state index >= 15 is 0 Å². The summed E-state index contributed by atoms with van der Waals surface area (Å²) in [6.07, 6.45) is 1.36. The van der Waals surface area contributed by atoms with Crippen molar-refractivity contribution in [3.05, 3.63) is 123 Å². The zero-order valence-electron chi connectivity index (χ0n) is 25.5. The minimum Gasteiger partial charge on any atom is -0.460 e. The van der Waals surface area contributed by atoms with Gasteiger partial charge in [0.1, 0.15) is 16.4 Å². The van der Waals surface area contributed by atoms with E-state index in [1.165, 1.54) is 0 Å². The Morgan fingerprint density at radius 2 is 1.82 bits per heavy atom. The Morgan fingerprint density at radius 1 is 1.04 bits per heavy atom. The molecule has 0 spiro atoms. The van der Waals surface area contributed by atoms with Gasteiger partial charge in [0.05, 0.1) is 24.7 Å². The molecular weight excluding hydrogens is 584 g/mol. The van der Waals surface area contributed by atoms with Gasteiger partial charge in [0.15, 0.2) is 0 Å². The number of benzene rings is 3. The summed E-state index contributed by atoms with van der Waals surface area (Å²) in [5.41, 5.74) is 4.46. The third-order valence-corrected chi connectivity index (χ3v) is 9.29. The Morgan fingerprint density at radius 3 is 2.60 bits per heavy atom. The number of hydrogen-bond donors (Lipinski definition) is 3. The van der Waals surface area contributed by atoms with Crippen LogP contribution in [0.25, 0.3) is 11.0 Å². The summed E-state index contributed by atoms with van der Waals surface area (Å²) in [6, 6.07) is 24.2. The predicted molar refractivity (Wildman–Crippen MR) is 176 cm³/mol. The van der Waals surface area contributed by atoms with Gasteiger partial charge in [-0.2, -0.15) is 0 Å². The number of fused-ring (bicyclic) bond motifs is 1. The predicted octanol–water partition coefficient (Wildman–Crippen LogP) is 5.98. The summed E-state index contributed by atoms with van der Waals surface area (Å²) in [4.78, 5) is 34.0. The van der Waals surface area contributed by atoms with Crippen molar-refractivity contribution in [1.29, 1.82) is 0 Å². The highest BCUT2D eigenvalue weighted by Crippen LogP contribution is 2.35. The van der Waals surface area contributed by atoms with Crippen LogP contribution in [0.4, 0.5) is 0 Å². The topological polar surface area (TPSA) is 108 Å². The van der Waals surface area contributed by atoms with Gasteiger partial charge in [0, 0.05) is 40.7 Å². The monoisotopic (exact) mass is 622 g/mol. The average Bonchev–Trinajstić information content (AvgIpc) is 3.80. The fraction of sp³-hybridized carbons (Fsp3) is 0.306. The second-order valence-electron chi connectivity index (χ2n) is 11.8. The minimum absolute atomic E-state index is 0.0496. The molecule has 2 amide bonds. The molecule has 0 radical (unpaired) electrons. The summed E-state index contributed by atoms with van der Waals surface area (Å²) in [7, 11) is 0. The molecule has 3 N–H and O–H groups in total. The number of rotatable bonds is 11. The summed E-state index contributed by atoms with van der Waals surface area (Å²) >= 11 is 1.59. The van der Waals surface area contributed by atoms with E-state index in [9.17, 15) is 14.7 Å². The quantitative estimate of drug-likeness (QED) is 0.167. The summed E-state index contributed by atoms with van der Waals surface area (Å²) in [6.45, 7) is 5.20. The number of likely N-dealkylation sites (tertiary alicyclic amines) is 1. The normalized spacial score (nSPS) is 16.2. The molecule has 9 heteroatoms. The largest absolute Gasteiger partial charge is 0.460 e. The van der Waals surface area contributed by atoms with E-state index in [2.05, 4.69) is 15.6 Å². The van der Waals surface area contributed by atoms with Crippen LogP contribution in [0.1, 0.15) is 67.2 Å².